The maximum Gasteiger partial charge on any atom is 0.226 e. The van der Waals surface area contributed by atoms with Gasteiger partial charge in [-0.25, -0.2) is 0 Å². The van der Waals surface area contributed by atoms with E-state index >= 15 is 0 Å². The summed E-state index contributed by atoms with van der Waals surface area (Å²) in [4.78, 5) is 14.1. The first-order valence-electron chi connectivity index (χ1n) is 5.54. The van der Waals surface area contributed by atoms with Crippen molar-refractivity contribution in [2.45, 2.75) is 44.6 Å². The number of carbonyl (C=O) groups excluding carboxylic acids is 1. The molecule has 0 radical (unpaired) electrons. The first-order valence-corrected chi connectivity index (χ1v) is 5.54. The highest BCUT2D eigenvalue weighted by Gasteiger charge is 2.54. The highest BCUT2D eigenvalue weighted by molar-refractivity contribution is 5.83. The molecule has 1 saturated heterocycles. The molecule has 2 atom stereocenters. The quantitative estimate of drug-likeness (QED) is 0.601. The van der Waals surface area contributed by atoms with Crippen LogP contribution in [0.3, 0.4) is 0 Å². The molecule has 2 heteroatoms. The third kappa shape index (κ3) is 0.918. The molecular weight excluding hydrogens is 162 g/mol. The van der Waals surface area contributed by atoms with E-state index in [0.717, 1.165) is 13.0 Å². The molecule has 1 amide bonds. The minimum absolute atomic E-state index is 0.374. The van der Waals surface area contributed by atoms with E-state index in [0.29, 0.717) is 23.3 Å². The average molecular weight is 179 g/mol. The van der Waals surface area contributed by atoms with Crippen LogP contribution in [0.4, 0.5) is 0 Å². The van der Waals surface area contributed by atoms with Crippen molar-refractivity contribution in [2.24, 2.45) is 11.8 Å². The molecule has 0 aromatic carbocycles. The molecule has 3 aliphatic rings. The lowest BCUT2D eigenvalue weighted by atomic mass is 9.67. The van der Waals surface area contributed by atoms with E-state index in [1.165, 1.54) is 25.7 Å². The van der Waals surface area contributed by atoms with Crippen molar-refractivity contribution >= 4 is 5.91 Å². The van der Waals surface area contributed by atoms with E-state index in [-0.39, 0.29) is 0 Å². The van der Waals surface area contributed by atoms with E-state index in [2.05, 4.69) is 11.8 Å². The molecule has 3 rings (SSSR count). The monoisotopic (exact) mass is 179 g/mol. The fraction of sp³-hybridized carbons (Fsp3) is 0.909. The topological polar surface area (TPSA) is 20.3 Å². The zero-order valence-corrected chi connectivity index (χ0v) is 8.25. The zero-order chi connectivity index (χ0) is 9.05. The summed E-state index contributed by atoms with van der Waals surface area (Å²) in [6.45, 7) is 3.23. The van der Waals surface area contributed by atoms with Crippen LogP contribution in [-0.4, -0.2) is 22.9 Å². The van der Waals surface area contributed by atoms with Gasteiger partial charge in [-0.2, -0.15) is 0 Å². The van der Waals surface area contributed by atoms with Gasteiger partial charge in [-0.05, 0) is 38.0 Å². The molecule has 0 aromatic rings. The number of carbonyl (C=O) groups is 1. The third-order valence-corrected chi connectivity index (χ3v) is 4.35. The fourth-order valence-corrected chi connectivity index (χ4v) is 2.85. The Kier molecular flexibility index (Phi) is 1.38. The molecule has 1 heterocycles. The molecule has 0 N–H and O–H groups in total. The first-order chi connectivity index (χ1) is 6.23. The molecule has 1 aliphatic heterocycles. The van der Waals surface area contributed by atoms with Gasteiger partial charge < -0.3 is 4.90 Å². The van der Waals surface area contributed by atoms with Crippen molar-refractivity contribution in [2.75, 3.05) is 6.54 Å². The number of hydrogen-bond acceptors (Lipinski definition) is 1. The molecule has 13 heavy (non-hydrogen) atoms. The first kappa shape index (κ1) is 7.84. The minimum atomic E-state index is 0.374. The molecule has 0 bridgehead atoms. The molecule has 2 nitrogen and oxygen atoms in total. The summed E-state index contributed by atoms with van der Waals surface area (Å²) in [6.07, 6.45) is 6.31. The Morgan fingerprint density at radius 2 is 2.08 bits per heavy atom. The summed E-state index contributed by atoms with van der Waals surface area (Å²) in [5.74, 6) is 1.54. The maximum absolute atomic E-state index is 11.9. The number of hydrogen-bond donors (Lipinski definition) is 0. The largest absolute Gasteiger partial charge is 0.337 e. The lowest BCUT2D eigenvalue weighted by Crippen LogP contribution is -2.66. The van der Waals surface area contributed by atoms with Gasteiger partial charge in [0.05, 0.1) is 0 Å². The normalized spacial score (nSPS) is 39.6. The van der Waals surface area contributed by atoms with Crippen LogP contribution >= 0.6 is 0 Å². The molecule has 72 valence electrons. The van der Waals surface area contributed by atoms with Gasteiger partial charge in [-0.15, -0.1) is 0 Å². The van der Waals surface area contributed by atoms with Crippen LogP contribution in [-0.2, 0) is 4.79 Å². The molecule has 2 saturated carbocycles. The van der Waals surface area contributed by atoms with Crippen molar-refractivity contribution in [1.29, 1.82) is 0 Å². The summed E-state index contributed by atoms with van der Waals surface area (Å²) >= 11 is 0. The molecule has 3 fully saturated rings. The minimum Gasteiger partial charge on any atom is -0.337 e. The molecule has 0 aromatic heterocycles. The van der Waals surface area contributed by atoms with Crippen molar-refractivity contribution in [3.63, 3.8) is 0 Å². The third-order valence-electron chi connectivity index (χ3n) is 4.35. The van der Waals surface area contributed by atoms with Crippen molar-refractivity contribution in [1.82, 2.24) is 4.90 Å². The lowest BCUT2D eigenvalue weighted by molar-refractivity contribution is -0.157. The van der Waals surface area contributed by atoms with Crippen LogP contribution in [0, 0.1) is 11.8 Å². The van der Waals surface area contributed by atoms with E-state index in [4.69, 9.17) is 0 Å². The number of amides is 1. The van der Waals surface area contributed by atoms with Crippen LogP contribution in [0.5, 0.6) is 0 Å². The Balaban J connectivity index is 1.69. The highest BCUT2D eigenvalue weighted by Crippen LogP contribution is 2.50. The highest BCUT2D eigenvalue weighted by atomic mass is 16.2. The molecule has 0 unspecified atom stereocenters. The number of rotatable bonds is 1. The van der Waals surface area contributed by atoms with Gasteiger partial charge >= 0.3 is 0 Å². The van der Waals surface area contributed by atoms with E-state index in [1.54, 1.807) is 0 Å². The Labute approximate surface area is 79.3 Å². The van der Waals surface area contributed by atoms with Gasteiger partial charge in [-0.1, -0.05) is 6.92 Å². The summed E-state index contributed by atoms with van der Waals surface area (Å²) < 4.78 is 0. The number of nitrogens with zero attached hydrogens (tertiary/aromatic N) is 1. The predicted octanol–water partition coefficient (Wildman–Crippen LogP) is 1.80. The smallest absolute Gasteiger partial charge is 0.226 e. The van der Waals surface area contributed by atoms with E-state index < -0.39 is 0 Å². The molecule has 1 spiro atoms. The number of likely N-dealkylation sites (tertiary alicyclic amines) is 1. The van der Waals surface area contributed by atoms with Crippen LogP contribution in [0.25, 0.3) is 0 Å². The predicted molar refractivity (Wildman–Crippen MR) is 50.2 cm³/mol. The van der Waals surface area contributed by atoms with E-state index in [9.17, 15) is 4.79 Å². The maximum atomic E-state index is 11.9. The van der Waals surface area contributed by atoms with Gasteiger partial charge in [0.2, 0.25) is 5.91 Å². The van der Waals surface area contributed by atoms with Gasteiger partial charge in [0, 0.05) is 18.0 Å². The van der Waals surface area contributed by atoms with Gasteiger partial charge in [0.25, 0.3) is 0 Å². The fourth-order valence-electron chi connectivity index (χ4n) is 2.85. The Bertz CT molecular complexity index is 251. The summed E-state index contributed by atoms with van der Waals surface area (Å²) in [6, 6.07) is 0. The Morgan fingerprint density at radius 1 is 1.38 bits per heavy atom. The van der Waals surface area contributed by atoms with Gasteiger partial charge in [0.15, 0.2) is 0 Å². The van der Waals surface area contributed by atoms with Gasteiger partial charge in [0.1, 0.15) is 0 Å². The second-order valence-corrected chi connectivity index (χ2v) is 5.14. The summed E-state index contributed by atoms with van der Waals surface area (Å²) in [5.41, 5.74) is 0.374. The van der Waals surface area contributed by atoms with Crippen molar-refractivity contribution in [3.05, 3.63) is 0 Å². The van der Waals surface area contributed by atoms with Crippen molar-refractivity contribution in [3.8, 4) is 0 Å². The second kappa shape index (κ2) is 2.28. The van der Waals surface area contributed by atoms with Crippen LogP contribution in [0.2, 0.25) is 0 Å². The van der Waals surface area contributed by atoms with Crippen LogP contribution in [0.15, 0.2) is 0 Å². The Hall–Kier alpha value is -0.530. The standard InChI is InChI=1S/C11H17NO/c1-8-7-9(8)10(13)12-6-5-11(12)3-2-4-11/h8-9H,2-7H2,1H3/t8-,9-/m1/s1. The van der Waals surface area contributed by atoms with Crippen LogP contribution in [0.1, 0.15) is 39.0 Å². The van der Waals surface area contributed by atoms with E-state index in [1.807, 2.05) is 0 Å². The average Bonchev–Trinajstić information content (AvgIpc) is 2.60. The van der Waals surface area contributed by atoms with Crippen LogP contribution < -0.4 is 0 Å². The lowest BCUT2D eigenvalue weighted by Gasteiger charge is -2.58. The SMILES string of the molecule is C[C@@H]1C[C@H]1C(=O)N1CCC12CCC2. The second-order valence-electron chi connectivity index (χ2n) is 5.14. The van der Waals surface area contributed by atoms with Crippen molar-refractivity contribution < 1.29 is 4.79 Å². The Morgan fingerprint density at radius 3 is 2.38 bits per heavy atom. The summed E-state index contributed by atoms with van der Waals surface area (Å²) in [5, 5.41) is 0. The molecular formula is C11H17NO. The molecule has 2 aliphatic carbocycles. The zero-order valence-electron chi connectivity index (χ0n) is 8.25. The van der Waals surface area contributed by atoms with Gasteiger partial charge in [-0.3, -0.25) is 4.79 Å². The summed E-state index contributed by atoms with van der Waals surface area (Å²) in [7, 11) is 0.